The minimum atomic E-state index is 0.326. The van der Waals surface area contributed by atoms with Gasteiger partial charge in [0.05, 0.1) is 19.2 Å². The molecule has 0 saturated carbocycles. The number of piperidine rings is 1. The number of amides is 1. The first-order chi connectivity index (χ1) is 15.2. The monoisotopic (exact) mass is 427 g/mol. The first-order valence-corrected chi connectivity index (χ1v) is 11.3. The number of benzene rings is 1. The summed E-state index contributed by atoms with van der Waals surface area (Å²) >= 11 is 0. The van der Waals surface area contributed by atoms with E-state index in [1.54, 1.807) is 7.11 Å². The summed E-state index contributed by atoms with van der Waals surface area (Å²) < 4.78 is 10.9. The fourth-order valence-corrected chi connectivity index (χ4v) is 4.49. The maximum absolute atomic E-state index is 12.7. The molecule has 0 unspecified atom stereocenters. The molecule has 1 aromatic heterocycles. The van der Waals surface area contributed by atoms with Gasteiger partial charge in [0.2, 0.25) is 17.6 Å². The van der Waals surface area contributed by atoms with Gasteiger partial charge in [0, 0.05) is 32.6 Å². The highest BCUT2D eigenvalue weighted by atomic mass is 16.5. The first-order valence-electron chi connectivity index (χ1n) is 11.3. The average Bonchev–Trinajstić information content (AvgIpc) is 3.28. The highest BCUT2D eigenvalue weighted by molar-refractivity contribution is 5.76. The Hall–Kier alpha value is -2.45. The maximum atomic E-state index is 12.7. The lowest BCUT2D eigenvalue weighted by Crippen LogP contribution is -2.49. The summed E-state index contributed by atoms with van der Waals surface area (Å²) in [5.74, 6) is 2.70. The Morgan fingerprint density at radius 2 is 1.84 bits per heavy atom. The Morgan fingerprint density at radius 1 is 1.10 bits per heavy atom. The number of ether oxygens (including phenoxy) is 1. The fourth-order valence-electron chi connectivity index (χ4n) is 4.49. The van der Waals surface area contributed by atoms with Crippen LogP contribution in [0.1, 0.15) is 32.1 Å². The van der Waals surface area contributed by atoms with Gasteiger partial charge in [-0.25, -0.2) is 0 Å². The van der Waals surface area contributed by atoms with Gasteiger partial charge in [0.15, 0.2) is 0 Å². The summed E-state index contributed by atoms with van der Waals surface area (Å²) in [5, 5.41) is 4.13. The fraction of sp³-hybridized carbons (Fsp3) is 0.609. The molecule has 8 heteroatoms. The number of rotatable bonds is 7. The summed E-state index contributed by atoms with van der Waals surface area (Å²) in [7, 11) is 1.64. The number of carbonyl (C=O) groups excluding carboxylic acids is 1. The molecule has 3 heterocycles. The smallest absolute Gasteiger partial charge is 0.241 e. The highest BCUT2D eigenvalue weighted by Gasteiger charge is 2.26. The van der Waals surface area contributed by atoms with E-state index in [1.165, 1.54) is 0 Å². The normalized spacial score (nSPS) is 19.0. The number of carbonyl (C=O) groups is 1. The molecule has 2 aliphatic rings. The number of hydrogen-bond acceptors (Lipinski definition) is 7. The number of hydrogen-bond donors (Lipinski definition) is 0. The van der Waals surface area contributed by atoms with E-state index in [-0.39, 0.29) is 0 Å². The molecular formula is C23H33N5O3. The average molecular weight is 428 g/mol. The molecule has 2 saturated heterocycles. The molecule has 1 amide bonds. The van der Waals surface area contributed by atoms with E-state index >= 15 is 0 Å². The minimum Gasteiger partial charge on any atom is -0.496 e. The predicted octanol–water partition coefficient (Wildman–Crippen LogP) is 2.51. The molecule has 1 aromatic carbocycles. The third-order valence-electron chi connectivity index (χ3n) is 6.52. The summed E-state index contributed by atoms with van der Waals surface area (Å²) in [6, 6.07) is 7.67. The Kier molecular flexibility index (Phi) is 7.19. The lowest BCUT2D eigenvalue weighted by molar-refractivity contribution is -0.134. The number of nitrogens with zero attached hydrogens (tertiary/aromatic N) is 5. The van der Waals surface area contributed by atoms with Crippen molar-refractivity contribution in [2.75, 3.05) is 52.9 Å². The van der Waals surface area contributed by atoms with E-state index in [1.807, 2.05) is 24.3 Å². The number of likely N-dealkylation sites (tertiary alicyclic amines) is 1. The zero-order valence-corrected chi connectivity index (χ0v) is 18.6. The molecule has 0 radical (unpaired) electrons. The molecule has 0 aliphatic carbocycles. The van der Waals surface area contributed by atoms with Crippen LogP contribution in [0.15, 0.2) is 28.8 Å². The molecule has 8 nitrogen and oxygen atoms in total. The molecule has 0 N–H and O–H groups in total. The molecule has 0 spiro atoms. The Balaban J connectivity index is 1.24. The molecule has 2 aromatic rings. The zero-order chi connectivity index (χ0) is 21.6. The van der Waals surface area contributed by atoms with Crippen molar-refractivity contribution in [1.29, 1.82) is 0 Å². The first kappa shape index (κ1) is 21.8. The van der Waals surface area contributed by atoms with Gasteiger partial charge in [-0.3, -0.25) is 9.69 Å². The van der Waals surface area contributed by atoms with E-state index in [2.05, 4.69) is 31.8 Å². The highest BCUT2D eigenvalue weighted by Crippen LogP contribution is 2.28. The van der Waals surface area contributed by atoms with Gasteiger partial charge in [-0.05, 0) is 50.5 Å². The number of piperazine rings is 1. The van der Waals surface area contributed by atoms with Gasteiger partial charge in [0.1, 0.15) is 5.75 Å². The Labute approximate surface area is 184 Å². The van der Waals surface area contributed by atoms with Crippen LogP contribution in [0.2, 0.25) is 0 Å². The second kappa shape index (κ2) is 10.2. The topological polar surface area (TPSA) is 74.9 Å². The Bertz CT molecular complexity index is 854. The number of methoxy groups -OCH3 is 1. The summed E-state index contributed by atoms with van der Waals surface area (Å²) in [6.07, 6.45) is 2.75. The van der Waals surface area contributed by atoms with Gasteiger partial charge in [-0.2, -0.15) is 4.98 Å². The number of para-hydroxylation sites is 1. The predicted molar refractivity (Wildman–Crippen MR) is 118 cm³/mol. The van der Waals surface area contributed by atoms with Crippen LogP contribution in [0.3, 0.4) is 0 Å². The quantitative estimate of drug-likeness (QED) is 0.672. The number of likely N-dealkylation sites (N-methyl/N-ethyl adjacent to an activating group) is 1. The molecule has 0 bridgehead atoms. The van der Waals surface area contributed by atoms with Crippen molar-refractivity contribution < 1.29 is 14.1 Å². The van der Waals surface area contributed by atoms with E-state index in [0.717, 1.165) is 70.0 Å². The zero-order valence-electron chi connectivity index (χ0n) is 18.6. The van der Waals surface area contributed by atoms with Crippen LogP contribution in [0.4, 0.5) is 0 Å². The molecule has 168 valence electrons. The van der Waals surface area contributed by atoms with Crippen molar-refractivity contribution in [2.24, 2.45) is 5.92 Å². The van der Waals surface area contributed by atoms with Gasteiger partial charge < -0.3 is 19.1 Å². The molecule has 2 aliphatic heterocycles. The second-order valence-electron chi connectivity index (χ2n) is 8.45. The van der Waals surface area contributed by atoms with Crippen LogP contribution in [0, 0.1) is 5.92 Å². The summed E-state index contributed by atoms with van der Waals surface area (Å²) in [5.41, 5.74) is 0.831. The number of aromatic nitrogens is 2. The minimum absolute atomic E-state index is 0.326. The van der Waals surface area contributed by atoms with Crippen LogP contribution in [0.5, 0.6) is 5.75 Å². The van der Waals surface area contributed by atoms with Crippen molar-refractivity contribution in [2.45, 2.75) is 32.7 Å². The largest absolute Gasteiger partial charge is 0.496 e. The van der Waals surface area contributed by atoms with E-state index in [0.29, 0.717) is 36.5 Å². The van der Waals surface area contributed by atoms with E-state index in [4.69, 9.17) is 9.26 Å². The van der Waals surface area contributed by atoms with E-state index in [9.17, 15) is 4.79 Å². The SMILES string of the molecule is CCN1CCN(C(=O)CC2CCN(Cc3nc(-c4ccccc4OC)no3)CC2)CC1. The van der Waals surface area contributed by atoms with Gasteiger partial charge in [0.25, 0.3) is 0 Å². The summed E-state index contributed by atoms with van der Waals surface area (Å²) in [6.45, 7) is 9.54. The molecular weight excluding hydrogens is 394 g/mol. The van der Waals surface area contributed by atoms with Crippen LogP contribution < -0.4 is 4.74 Å². The van der Waals surface area contributed by atoms with E-state index < -0.39 is 0 Å². The molecule has 31 heavy (non-hydrogen) atoms. The van der Waals surface area contributed by atoms with Crippen molar-refractivity contribution >= 4 is 5.91 Å². The lowest BCUT2D eigenvalue weighted by Gasteiger charge is -2.36. The molecule has 2 fully saturated rings. The maximum Gasteiger partial charge on any atom is 0.241 e. The third-order valence-corrected chi connectivity index (χ3v) is 6.52. The van der Waals surface area contributed by atoms with Crippen molar-refractivity contribution in [1.82, 2.24) is 24.8 Å². The van der Waals surface area contributed by atoms with Gasteiger partial charge in [-0.1, -0.05) is 24.2 Å². The van der Waals surface area contributed by atoms with Crippen LogP contribution >= 0.6 is 0 Å². The van der Waals surface area contributed by atoms with Crippen molar-refractivity contribution in [3.63, 3.8) is 0 Å². The third kappa shape index (κ3) is 5.43. The van der Waals surface area contributed by atoms with Gasteiger partial charge in [-0.15, -0.1) is 0 Å². The Morgan fingerprint density at radius 3 is 2.55 bits per heavy atom. The van der Waals surface area contributed by atoms with Crippen LogP contribution in [0.25, 0.3) is 11.4 Å². The standard InChI is InChI=1S/C23H33N5O3/c1-3-26-12-14-28(15-13-26)22(29)16-18-8-10-27(11-9-18)17-21-24-23(25-31-21)19-6-4-5-7-20(19)30-2/h4-7,18H,3,8-17H2,1-2H3. The second-order valence-corrected chi connectivity index (χ2v) is 8.45. The molecule has 4 rings (SSSR count). The molecule has 0 atom stereocenters. The van der Waals surface area contributed by atoms with Crippen molar-refractivity contribution in [3.05, 3.63) is 30.2 Å². The van der Waals surface area contributed by atoms with Crippen LogP contribution in [-0.4, -0.2) is 83.7 Å². The van der Waals surface area contributed by atoms with Crippen LogP contribution in [-0.2, 0) is 11.3 Å². The lowest BCUT2D eigenvalue weighted by atomic mass is 9.93. The van der Waals surface area contributed by atoms with Gasteiger partial charge >= 0.3 is 0 Å². The van der Waals surface area contributed by atoms with Crippen molar-refractivity contribution in [3.8, 4) is 17.1 Å². The summed E-state index contributed by atoms with van der Waals surface area (Å²) in [4.78, 5) is 24.0.